The molecule has 0 aliphatic carbocycles. The van der Waals surface area contributed by atoms with Crippen molar-refractivity contribution in [2.24, 2.45) is 10.3 Å². The van der Waals surface area contributed by atoms with Crippen molar-refractivity contribution < 1.29 is 26.7 Å². The number of benzene rings is 2. The van der Waals surface area contributed by atoms with E-state index in [1.807, 2.05) is 0 Å². The normalized spacial score (nSPS) is 12.2. The summed E-state index contributed by atoms with van der Waals surface area (Å²) in [6.07, 6.45) is 2.28. The number of hydrogen-bond donors (Lipinski definition) is 2. The van der Waals surface area contributed by atoms with Gasteiger partial charge in [-0.25, -0.2) is 27.1 Å². The first kappa shape index (κ1) is 21.1. The number of nitro groups is 2. The summed E-state index contributed by atoms with van der Waals surface area (Å²) in [5.74, 6) is 0. The third kappa shape index (κ3) is 4.74. The molecule has 0 aliphatic rings. The predicted octanol–water partition coefficient (Wildman–Crippen LogP) is 0.968. The van der Waals surface area contributed by atoms with Crippen LogP contribution in [-0.2, 0) is 20.0 Å². The molecule has 4 N–H and O–H groups in total. The molecule has 2 rings (SSSR count). The maximum Gasteiger partial charge on any atom is 0.270 e. The number of hydrogen-bond acceptors (Lipinski definition) is 8. The van der Waals surface area contributed by atoms with Gasteiger partial charge >= 0.3 is 0 Å². The van der Waals surface area contributed by atoms with Gasteiger partial charge in [-0.15, -0.1) is 0 Å². The van der Waals surface area contributed by atoms with E-state index in [1.165, 1.54) is 0 Å². The van der Waals surface area contributed by atoms with Crippen LogP contribution in [0, 0.1) is 20.2 Å². The van der Waals surface area contributed by atoms with Gasteiger partial charge < -0.3 is 0 Å². The molecule has 148 valence electrons. The lowest BCUT2D eigenvalue weighted by Crippen LogP contribution is -2.14. The summed E-state index contributed by atoms with van der Waals surface area (Å²) >= 11 is 0. The van der Waals surface area contributed by atoms with Crippen LogP contribution in [0.3, 0.4) is 0 Å². The van der Waals surface area contributed by atoms with Crippen LogP contribution < -0.4 is 10.3 Å². The van der Waals surface area contributed by atoms with Gasteiger partial charge in [-0.1, -0.05) is 12.2 Å². The van der Waals surface area contributed by atoms with Crippen LogP contribution in [0.15, 0.2) is 46.2 Å². The smallest absolute Gasteiger partial charge is 0.258 e. The molecule has 0 aromatic heterocycles. The van der Waals surface area contributed by atoms with E-state index >= 15 is 0 Å². The quantitative estimate of drug-likeness (QED) is 0.384. The second kappa shape index (κ2) is 7.43. The second-order valence-electron chi connectivity index (χ2n) is 5.38. The van der Waals surface area contributed by atoms with E-state index in [9.17, 15) is 37.1 Å². The SMILES string of the molecule is NS(=O)(=O)c1cc([N+](=O)[O-])ccc1C=Cc1ccc([N+](=O)[O-])cc1S(N)(=O)=O. The number of nitro benzene ring substituents is 2. The third-order valence-electron chi connectivity index (χ3n) is 3.47. The summed E-state index contributed by atoms with van der Waals surface area (Å²) in [4.78, 5) is 18.9. The molecule has 0 saturated carbocycles. The van der Waals surface area contributed by atoms with Crippen molar-refractivity contribution in [2.75, 3.05) is 0 Å². The molecule has 2 aromatic carbocycles. The number of nitrogens with zero attached hydrogens (tertiary/aromatic N) is 2. The summed E-state index contributed by atoms with van der Waals surface area (Å²) in [6, 6.07) is 5.79. The molecule has 12 nitrogen and oxygen atoms in total. The fraction of sp³-hybridized carbons (Fsp3) is 0. The highest BCUT2D eigenvalue weighted by atomic mass is 32.2. The summed E-state index contributed by atoms with van der Waals surface area (Å²) in [5.41, 5.74) is -1.15. The Morgan fingerprint density at radius 2 is 1.04 bits per heavy atom. The molecule has 0 saturated heterocycles. The highest BCUT2D eigenvalue weighted by Gasteiger charge is 2.20. The van der Waals surface area contributed by atoms with Crippen LogP contribution >= 0.6 is 0 Å². The zero-order valence-corrected chi connectivity index (χ0v) is 15.4. The van der Waals surface area contributed by atoms with Gasteiger partial charge in [0.25, 0.3) is 11.4 Å². The Balaban J connectivity index is 2.64. The first-order valence-corrected chi connectivity index (χ1v) is 10.2. The minimum absolute atomic E-state index is 0.0631. The molecule has 0 bridgehead atoms. The highest BCUT2D eigenvalue weighted by Crippen LogP contribution is 2.26. The fourth-order valence-electron chi connectivity index (χ4n) is 2.22. The maximum atomic E-state index is 11.7. The Labute approximate surface area is 158 Å². The molecule has 0 aliphatic heterocycles. The standard InChI is InChI=1S/C14H12N4O8S2/c15-27(23,24)13-7-11(17(19)20)5-3-9(13)1-2-10-4-6-12(18(21)22)8-14(10)28(16,25)26/h1-8H,(H2,15,23,24)(H2,16,25,26). The molecule has 0 radical (unpaired) electrons. The van der Waals surface area contributed by atoms with Gasteiger partial charge in [0.2, 0.25) is 20.0 Å². The van der Waals surface area contributed by atoms with Crippen LogP contribution in [0.1, 0.15) is 11.1 Å². The van der Waals surface area contributed by atoms with E-state index in [0.717, 1.165) is 48.6 Å². The molecule has 0 amide bonds. The van der Waals surface area contributed by atoms with Crippen molar-refractivity contribution >= 4 is 43.6 Å². The molecule has 0 fully saturated rings. The van der Waals surface area contributed by atoms with Crippen molar-refractivity contribution in [2.45, 2.75) is 9.79 Å². The van der Waals surface area contributed by atoms with Crippen molar-refractivity contribution in [3.05, 3.63) is 67.8 Å². The Morgan fingerprint density at radius 1 is 0.714 bits per heavy atom. The number of non-ortho nitro benzene ring substituents is 2. The Bertz CT molecular complexity index is 1120. The topological polar surface area (TPSA) is 207 Å². The average Bonchev–Trinajstić information content (AvgIpc) is 2.57. The Morgan fingerprint density at radius 3 is 1.29 bits per heavy atom. The van der Waals surface area contributed by atoms with Gasteiger partial charge in [-0.05, 0) is 23.3 Å². The van der Waals surface area contributed by atoms with E-state index in [2.05, 4.69) is 0 Å². The third-order valence-corrected chi connectivity index (χ3v) is 5.40. The van der Waals surface area contributed by atoms with Crippen molar-refractivity contribution in [1.29, 1.82) is 0 Å². The first-order valence-electron chi connectivity index (χ1n) is 7.11. The van der Waals surface area contributed by atoms with Crippen LogP contribution in [0.2, 0.25) is 0 Å². The molecule has 0 unspecified atom stereocenters. The summed E-state index contributed by atoms with van der Waals surface area (Å²) < 4.78 is 46.9. The van der Waals surface area contributed by atoms with E-state index in [4.69, 9.17) is 10.3 Å². The van der Waals surface area contributed by atoms with Gasteiger partial charge in [0.05, 0.1) is 19.6 Å². The van der Waals surface area contributed by atoms with Gasteiger partial charge in [-0.3, -0.25) is 20.2 Å². The van der Waals surface area contributed by atoms with Gasteiger partial charge in [-0.2, -0.15) is 0 Å². The van der Waals surface area contributed by atoms with Gasteiger partial charge in [0, 0.05) is 24.3 Å². The molecule has 0 spiro atoms. The van der Waals surface area contributed by atoms with Crippen LogP contribution in [-0.4, -0.2) is 26.7 Å². The minimum atomic E-state index is -4.34. The molecule has 0 atom stereocenters. The summed E-state index contributed by atoms with van der Waals surface area (Å²) in [6.45, 7) is 0. The lowest BCUT2D eigenvalue weighted by atomic mass is 10.1. The number of primary sulfonamides is 2. The van der Waals surface area contributed by atoms with Crippen LogP contribution in [0.25, 0.3) is 12.2 Å². The largest absolute Gasteiger partial charge is 0.270 e. The maximum absolute atomic E-state index is 11.7. The zero-order valence-electron chi connectivity index (χ0n) is 13.8. The molecule has 0 heterocycles. The average molecular weight is 428 g/mol. The highest BCUT2D eigenvalue weighted by molar-refractivity contribution is 7.89. The summed E-state index contributed by atoms with van der Waals surface area (Å²) in [7, 11) is -8.68. The lowest BCUT2D eigenvalue weighted by molar-refractivity contribution is -0.385. The van der Waals surface area contributed by atoms with Crippen LogP contribution in [0.4, 0.5) is 11.4 Å². The Kier molecular flexibility index (Phi) is 5.60. The molecule has 28 heavy (non-hydrogen) atoms. The van der Waals surface area contributed by atoms with Crippen molar-refractivity contribution in [3.8, 4) is 0 Å². The van der Waals surface area contributed by atoms with Gasteiger partial charge in [0.1, 0.15) is 0 Å². The van der Waals surface area contributed by atoms with Crippen molar-refractivity contribution in [1.82, 2.24) is 0 Å². The van der Waals surface area contributed by atoms with E-state index < -0.39 is 51.1 Å². The second-order valence-corrected chi connectivity index (χ2v) is 8.44. The van der Waals surface area contributed by atoms with E-state index in [-0.39, 0.29) is 11.1 Å². The molecule has 14 heteroatoms. The predicted molar refractivity (Wildman–Crippen MR) is 97.9 cm³/mol. The lowest BCUT2D eigenvalue weighted by Gasteiger charge is -2.06. The minimum Gasteiger partial charge on any atom is -0.258 e. The van der Waals surface area contributed by atoms with Crippen molar-refractivity contribution in [3.63, 3.8) is 0 Å². The summed E-state index contributed by atoms with van der Waals surface area (Å²) in [5, 5.41) is 31.8. The number of sulfonamides is 2. The van der Waals surface area contributed by atoms with E-state index in [0.29, 0.717) is 0 Å². The zero-order chi connectivity index (χ0) is 21.3. The molecule has 2 aromatic rings. The Hall–Kier alpha value is -3.20. The first-order chi connectivity index (χ1) is 12.8. The van der Waals surface area contributed by atoms with Gasteiger partial charge in [0.15, 0.2) is 0 Å². The number of nitrogens with two attached hydrogens (primary N) is 2. The van der Waals surface area contributed by atoms with E-state index in [1.54, 1.807) is 0 Å². The fourth-order valence-corrected chi connectivity index (χ4v) is 3.72. The monoisotopic (exact) mass is 428 g/mol. The number of rotatable bonds is 6. The molecular weight excluding hydrogens is 416 g/mol. The molecular formula is C14H12N4O8S2. The van der Waals surface area contributed by atoms with Crippen LogP contribution in [0.5, 0.6) is 0 Å².